The summed E-state index contributed by atoms with van der Waals surface area (Å²) in [5.41, 5.74) is 0.826. The number of aliphatic carboxylic acids is 1. The molecule has 0 unspecified atom stereocenters. The lowest BCUT2D eigenvalue weighted by Crippen LogP contribution is -2.34. The second kappa shape index (κ2) is 11.2. The van der Waals surface area contributed by atoms with Crippen LogP contribution in [0.4, 0.5) is 0 Å². The van der Waals surface area contributed by atoms with Gasteiger partial charge in [0.25, 0.3) is 0 Å². The van der Waals surface area contributed by atoms with Crippen molar-refractivity contribution in [3.63, 3.8) is 0 Å². The normalized spacial score (nSPS) is 11.8. The van der Waals surface area contributed by atoms with Crippen LogP contribution in [-0.2, 0) is 14.8 Å². The number of halogens is 1. The number of carbonyl (C=O) groups is 1. The van der Waals surface area contributed by atoms with Crippen LogP contribution in [0.3, 0.4) is 0 Å². The molecule has 0 heterocycles. The third-order valence-electron chi connectivity index (χ3n) is 5.03. The minimum atomic E-state index is -3.71. The Kier molecular flexibility index (Phi) is 8.64. The lowest BCUT2D eigenvalue weighted by Gasteiger charge is -2.22. The second-order valence-electron chi connectivity index (χ2n) is 7.45. The average Bonchev–Trinajstić information content (AvgIpc) is 2.77. The number of ether oxygens (including phenoxy) is 1. The lowest BCUT2D eigenvalue weighted by molar-refractivity contribution is -0.139. The molecule has 0 fully saturated rings. The molecule has 0 aliphatic carbocycles. The number of nitrogens with zero attached hydrogens (tertiary/aromatic N) is 1. The molecule has 3 rings (SSSR count). The van der Waals surface area contributed by atoms with Gasteiger partial charge in [-0.25, -0.2) is 13.2 Å². The Morgan fingerprint density at radius 2 is 1.82 bits per heavy atom. The highest BCUT2D eigenvalue weighted by atomic mass is 35.5. The van der Waals surface area contributed by atoms with E-state index in [0.717, 1.165) is 10.5 Å². The number of carboxylic acids is 1. The Hall–Kier alpha value is -2.26. The van der Waals surface area contributed by atoms with Crippen molar-refractivity contribution in [1.29, 1.82) is 0 Å². The highest BCUT2D eigenvalue weighted by molar-refractivity contribution is 7.99. The standard InChI is InChI=1S/C24H26ClNO5S2/c1-3-12-26(13-14-32-18-10-11-22(17(2)15-18)31-16-24(27)28)33(29,30)23-9-5-6-19-20(23)7-4-8-21(19)25/h4-11,15H,3,12-14,16H2,1-2H3,(H,27,28). The van der Waals surface area contributed by atoms with Crippen molar-refractivity contribution in [2.45, 2.75) is 30.1 Å². The molecular formula is C24H26ClNO5S2. The fraction of sp³-hybridized carbons (Fsp3) is 0.292. The van der Waals surface area contributed by atoms with Crippen LogP contribution < -0.4 is 4.74 Å². The van der Waals surface area contributed by atoms with Gasteiger partial charge in [-0.15, -0.1) is 11.8 Å². The first-order valence-corrected chi connectivity index (χ1v) is 13.3. The summed E-state index contributed by atoms with van der Waals surface area (Å²) >= 11 is 7.82. The molecule has 176 valence electrons. The van der Waals surface area contributed by atoms with E-state index in [0.29, 0.717) is 46.8 Å². The van der Waals surface area contributed by atoms with Gasteiger partial charge < -0.3 is 9.84 Å². The molecule has 33 heavy (non-hydrogen) atoms. The van der Waals surface area contributed by atoms with E-state index < -0.39 is 22.6 Å². The average molecular weight is 508 g/mol. The molecule has 3 aromatic carbocycles. The summed E-state index contributed by atoms with van der Waals surface area (Å²) in [5.74, 6) is 0.0598. The fourth-order valence-electron chi connectivity index (χ4n) is 3.49. The second-order valence-corrected chi connectivity index (χ2v) is 10.9. The summed E-state index contributed by atoms with van der Waals surface area (Å²) in [4.78, 5) is 11.9. The van der Waals surface area contributed by atoms with Crippen molar-refractivity contribution >= 4 is 50.1 Å². The van der Waals surface area contributed by atoms with E-state index in [1.54, 1.807) is 48.2 Å². The first-order chi connectivity index (χ1) is 15.7. The molecule has 0 saturated carbocycles. The van der Waals surface area contributed by atoms with E-state index in [4.69, 9.17) is 21.4 Å². The molecule has 0 spiro atoms. The zero-order valence-corrected chi connectivity index (χ0v) is 20.8. The highest BCUT2D eigenvalue weighted by Gasteiger charge is 2.25. The van der Waals surface area contributed by atoms with Gasteiger partial charge >= 0.3 is 5.97 Å². The molecule has 0 amide bonds. The number of fused-ring (bicyclic) bond motifs is 1. The maximum atomic E-state index is 13.5. The number of aryl methyl sites for hydroxylation is 1. The first kappa shape index (κ1) is 25.4. The van der Waals surface area contributed by atoms with Gasteiger partial charge in [-0.05, 0) is 49.2 Å². The molecule has 6 nitrogen and oxygen atoms in total. The topological polar surface area (TPSA) is 83.9 Å². The number of hydrogen-bond acceptors (Lipinski definition) is 5. The zero-order valence-electron chi connectivity index (χ0n) is 18.5. The van der Waals surface area contributed by atoms with Crippen molar-refractivity contribution in [2.75, 3.05) is 25.4 Å². The van der Waals surface area contributed by atoms with Gasteiger partial charge in [-0.3, -0.25) is 0 Å². The SMILES string of the molecule is CCCN(CCSc1ccc(OCC(=O)O)c(C)c1)S(=O)(=O)c1cccc2c(Cl)cccc12. The fourth-order valence-corrected chi connectivity index (χ4v) is 6.55. The maximum absolute atomic E-state index is 13.5. The first-order valence-electron chi connectivity index (χ1n) is 10.5. The Bertz CT molecular complexity index is 1250. The molecule has 0 aromatic heterocycles. The third-order valence-corrected chi connectivity index (χ3v) is 8.29. The highest BCUT2D eigenvalue weighted by Crippen LogP contribution is 2.31. The van der Waals surface area contributed by atoms with Crippen LogP contribution in [0.15, 0.2) is 64.4 Å². The summed E-state index contributed by atoms with van der Waals surface area (Å²) in [5, 5.41) is 10.6. The summed E-state index contributed by atoms with van der Waals surface area (Å²) < 4.78 is 33.8. The monoisotopic (exact) mass is 507 g/mol. The van der Waals surface area contributed by atoms with Crippen molar-refractivity contribution in [1.82, 2.24) is 4.31 Å². The Balaban J connectivity index is 1.74. The smallest absolute Gasteiger partial charge is 0.341 e. The van der Waals surface area contributed by atoms with Gasteiger partial charge in [-0.2, -0.15) is 4.31 Å². The van der Waals surface area contributed by atoms with E-state index in [-0.39, 0.29) is 4.90 Å². The predicted octanol–water partition coefficient (Wildman–Crippen LogP) is 5.46. The van der Waals surface area contributed by atoms with Crippen LogP contribution in [0, 0.1) is 6.92 Å². The van der Waals surface area contributed by atoms with E-state index >= 15 is 0 Å². The van der Waals surface area contributed by atoms with E-state index in [1.165, 1.54) is 4.31 Å². The predicted molar refractivity (Wildman–Crippen MR) is 133 cm³/mol. The molecule has 0 radical (unpaired) electrons. The van der Waals surface area contributed by atoms with Gasteiger partial charge in [-0.1, -0.05) is 42.8 Å². The van der Waals surface area contributed by atoms with E-state index in [2.05, 4.69) is 0 Å². The lowest BCUT2D eigenvalue weighted by atomic mass is 10.1. The quantitative estimate of drug-likeness (QED) is 0.347. The van der Waals surface area contributed by atoms with Gasteiger partial charge in [0.15, 0.2) is 6.61 Å². The van der Waals surface area contributed by atoms with Crippen LogP contribution in [0.1, 0.15) is 18.9 Å². The van der Waals surface area contributed by atoms with E-state index in [9.17, 15) is 13.2 Å². The summed E-state index contributed by atoms with van der Waals surface area (Å²) in [6.45, 7) is 4.18. The molecule has 0 atom stereocenters. The maximum Gasteiger partial charge on any atom is 0.341 e. The van der Waals surface area contributed by atoms with Gasteiger partial charge in [0.05, 0.1) is 4.90 Å². The summed E-state index contributed by atoms with van der Waals surface area (Å²) in [7, 11) is -3.71. The van der Waals surface area contributed by atoms with Crippen molar-refractivity contribution < 1.29 is 23.1 Å². The van der Waals surface area contributed by atoms with E-state index in [1.807, 2.05) is 32.0 Å². The minimum absolute atomic E-state index is 0.261. The Labute approximate surface area is 203 Å². The summed E-state index contributed by atoms with van der Waals surface area (Å²) in [6.07, 6.45) is 0.699. The van der Waals surface area contributed by atoms with Gasteiger partial charge in [0.2, 0.25) is 10.0 Å². The number of thioether (sulfide) groups is 1. The molecule has 0 saturated heterocycles. The number of rotatable bonds is 11. The van der Waals surface area contributed by atoms with Crippen molar-refractivity contribution in [2.24, 2.45) is 0 Å². The van der Waals surface area contributed by atoms with Crippen molar-refractivity contribution in [3.05, 3.63) is 65.2 Å². The Morgan fingerprint density at radius 3 is 2.52 bits per heavy atom. The third kappa shape index (κ3) is 6.20. The van der Waals surface area contributed by atoms with Crippen LogP contribution in [-0.4, -0.2) is 49.2 Å². The number of hydrogen-bond donors (Lipinski definition) is 1. The number of sulfonamides is 1. The number of benzene rings is 3. The Morgan fingerprint density at radius 1 is 1.09 bits per heavy atom. The zero-order chi connectivity index (χ0) is 24.0. The van der Waals surface area contributed by atoms with Crippen LogP contribution >= 0.6 is 23.4 Å². The molecule has 1 N–H and O–H groups in total. The molecule has 0 bridgehead atoms. The molecule has 9 heteroatoms. The van der Waals surface area contributed by atoms with Crippen LogP contribution in [0.2, 0.25) is 5.02 Å². The van der Waals surface area contributed by atoms with Gasteiger partial charge in [0, 0.05) is 39.5 Å². The van der Waals surface area contributed by atoms with Crippen LogP contribution in [0.25, 0.3) is 10.8 Å². The molecule has 3 aromatic rings. The van der Waals surface area contributed by atoms with Gasteiger partial charge in [0.1, 0.15) is 5.75 Å². The minimum Gasteiger partial charge on any atom is -0.482 e. The molecular weight excluding hydrogens is 482 g/mol. The van der Waals surface area contributed by atoms with Crippen LogP contribution in [0.5, 0.6) is 5.75 Å². The summed E-state index contributed by atoms with van der Waals surface area (Å²) in [6, 6.07) is 16.0. The number of carboxylic acid groups (broad SMARTS) is 1. The molecule has 0 aliphatic heterocycles. The largest absolute Gasteiger partial charge is 0.482 e. The van der Waals surface area contributed by atoms with Crippen molar-refractivity contribution in [3.8, 4) is 5.75 Å². The molecule has 0 aliphatic rings.